The third-order valence-electron chi connectivity index (χ3n) is 1.15. The number of rotatable bonds is 0. The van der Waals surface area contributed by atoms with Crippen LogP contribution in [0.4, 0.5) is 0 Å². The van der Waals surface area contributed by atoms with Crippen molar-refractivity contribution in [3.63, 3.8) is 0 Å². The molecule has 50 valence electrons. The Morgan fingerprint density at radius 1 is 1.50 bits per heavy atom. The molecule has 0 aromatic carbocycles. The van der Waals surface area contributed by atoms with E-state index in [0.29, 0.717) is 5.82 Å². The molecule has 2 aromatic heterocycles. The Balaban J connectivity index is 2.88. The van der Waals surface area contributed by atoms with Gasteiger partial charge in [0.25, 0.3) is 0 Å². The van der Waals surface area contributed by atoms with Gasteiger partial charge in [-0.05, 0) is 12.1 Å². The highest BCUT2D eigenvalue weighted by atomic mass is 15.5. The summed E-state index contributed by atoms with van der Waals surface area (Å²) < 4.78 is 1.40. The van der Waals surface area contributed by atoms with Crippen LogP contribution in [0.2, 0.25) is 0 Å². The first-order valence-corrected chi connectivity index (χ1v) is 2.87. The minimum Gasteiger partial charge on any atom is -0.210 e. The zero-order valence-corrected chi connectivity index (χ0v) is 5.39. The second-order valence-electron chi connectivity index (χ2n) is 1.93. The summed E-state index contributed by atoms with van der Waals surface area (Å²) in [6.45, 7) is 1.81. The van der Waals surface area contributed by atoms with Crippen LogP contribution in [0.15, 0.2) is 12.3 Å². The number of hydrogen-bond donors (Lipinski definition) is 0. The van der Waals surface area contributed by atoms with Gasteiger partial charge in [-0.25, -0.2) is 4.98 Å². The molecule has 0 saturated heterocycles. The van der Waals surface area contributed by atoms with Crippen LogP contribution in [0, 0.1) is 6.92 Å². The molecule has 0 N–H and O–H groups in total. The second kappa shape index (κ2) is 1.73. The second-order valence-corrected chi connectivity index (χ2v) is 1.93. The first-order valence-electron chi connectivity index (χ1n) is 2.87. The molecule has 0 atom stereocenters. The highest BCUT2D eigenvalue weighted by molar-refractivity contribution is 5.32. The summed E-state index contributed by atoms with van der Waals surface area (Å²) >= 11 is 0. The summed E-state index contributed by atoms with van der Waals surface area (Å²) in [5.74, 6) is 0.709. The summed E-state index contributed by atoms with van der Waals surface area (Å²) in [7, 11) is 0. The Kier molecular flexibility index (Phi) is 0.913. The van der Waals surface area contributed by atoms with E-state index in [0.717, 1.165) is 5.65 Å². The summed E-state index contributed by atoms with van der Waals surface area (Å²) in [4.78, 5) is 4.06. The molecule has 10 heavy (non-hydrogen) atoms. The molecular formula is C5H5N5. The fourth-order valence-corrected chi connectivity index (χ4v) is 0.770. The van der Waals surface area contributed by atoms with Crippen molar-refractivity contribution < 1.29 is 0 Å². The van der Waals surface area contributed by atoms with E-state index in [2.05, 4.69) is 20.4 Å². The van der Waals surface area contributed by atoms with E-state index >= 15 is 0 Å². The first kappa shape index (κ1) is 5.28. The van der Waals surface area contributed by atoms with Crippen LogP contribution >= 0.6 is 0 Å². The van der Waals surface area contributed by atoms with Gasteiger partial charge in [0.2, 0.25) is 0 Å². The standard InChI is InChI=1S/C5H5N5/c1-4-7-5-2-3-6-9-10(5)8-4/h2-3H,1H3. The van der Waals surface area contributed by atoms with Crippen LogP contribution in [0.5, 0.6) is 0 Å². The van der Waals surface area contributed by atoms with Gasteiger partial charge >= 0.3 is 0 Å². The third kappa shape index (κ3) is 0.637. The molecule has 0 radical (unpaired) electrons. The zero-order chi connectivity index (χ0) is 6.97. The van der Waals surface area contributed by atoms with E-state index < -0.39 is 0 Å². The summed E-state index contributed by atoms with van der Waals surface area (Å²) in [6.07, 6.45) is 1.59. The number of nitrogens with zero attached hydrogens (tertiary/aromatic N) is 5. The highest BCUT2D eigenvalue weighted by Gasteiger charge is 1.96. The van der Waals surface area contributed by atoms with Crippen molar-refractivity contribution in [2.45, 2.75) is 6.92 Å². The monoisotopic (exact) mass is 135 g/mol. The van der Waals surface area contributed by atoms with E-state index in [1.807, 2.05) is 6.92 Å². The van der Waals surface area contributed by atoms with Gasteiger partial charge in [0.15, 0.2) is 11.5 Å². The lowest BCUT2D eigenvalue weighted by atomic mass is 10.6. The van der Waals surface area contributed by atoms with Crippen molar-refractivity contribution in [2.24, 2.45) is 0 Å². The lowest BCUT2D eigenvalue weighted by molar-refractivity contribution is 0.711. The number of aryl methyl sites for hydroxylation is 1. The first-order chi connectivity index (χ1) is 4.86. The molecule has 0 aliphatic heterocycles. The van der Waals surface area contributed by atoms with Crippen molar-refractivity contribution in [1.82, 2.24) is 25.0 Å². The number of aromatic nitrogens is 5. The molecule has 0 spiro atoms. The minimum absolute atomic E-state index is 0.709. The third-order valence-corrected chi connectivity index (χ3v) is 1.15. The van der Waals surface area contributed by atoms with Crippen LogP contribution in [0.3, 0.4) is 0 Å². The largest absolute Gasteiger partial charge is 0.210 e. The maximum atomic E-state index is 4.06. The predicted octanol–water partition coefficient (Wildman–Crippen LogP) is -0.172. The van der Waals surface area contributed by atoms with Gasteiger partial charge in [0.05, 0.1) is 6.20 Å². The fraction of sp³-hybridized carbons (Fsp3) is 0.200. The Bertz CT molecular complexity index is 319. The fourth-order valence-electron chi connectivity index (χ4n) is 0.770. The Labute approximate surface area is 56.7 Å². The quantitative estimate of drug-likeness (QED) is 0.503. The molecule has 2 aromatic rings. The molecule has 2 heterocycles. The van der Waals surface area contributed by atoms with Gasteiger partial charge in [-0.2, -0.15) is 0 Å². The van der Waals surface area contributed by atoms with E-state index in [9.17, 15) is 0 Å². The summed E-state index contributed by atoms with van der Waals surface area (Å²) in [5, 5.41) is 11.3. The van der Waals surface area contributed by atoms with Crippen LogP contribution in [0.1, 0.15) is 5.82 Å². The molecular weight excluding hydrogens is 130 g/mol. The van der Waals surface area contributed by atoms with Gasteiger partial charge in [-0.15, -0.1) is 14.8 Å². The van der Waals surface area contributed by atoms with Crippen molar-refractivity contribution in [3.8, 4) is 0 Å². The summed E-state index contributed by atoms with van der Waals surface area (Å²) in [5.41, 5.74) is 0.729. The van der Waals surface area contributed by atoms with Gasteiger partial charge < -0.3 is 0 Å². The molecule has 0 aliphatic rings. The molecule has 0 bridgehead atoms. The normalized spacial score (nSPS) is 10.5. The van der Waals surface area contributed by atoms with Crippen LogP contribution in [-0.2, 0) is 0 Å². The molecule has 2 rings (SSSR count). The zero-order valence-electron chi connectivity index (χ0n) is 5.39. The van der Waals surface area contributed by atoms with Crippen LogP contribution < -0.4 is 0 Å². The van der Waals surface area contributed by atoms with E-state index in [4.69, 9.17) is 0 Å². The van der Waals surface area contributed by atoms with E-state index in [1.165, 1.54) is 4.63 Å². The average Bonchev–Trinajstić information content (AvgIpc) is 2.27. The predicted molar refractivity (Wildman–Crippen MR) is 33.3 cm³/mol. The van der Waals surface area contributed by atoms with Crippen LogP contribution in [-0.4, -0.2) is 25.0 Å². The van der Waals surface area contributed by atoms with Gasteiger partial charge in [-0.1, -0.05) is 0 Å². The number of fused-ring (bicyclic) bond motifs is 1. The molecule has 5 heteroatoms. The lowest BCUT2D eigenvalue weighted by Gasteiger charge is -1.81. The van der Waals surface area contributed by atoms with E-state index in [-0.39, 0.29) is 0 Å². The molecule has 0 saturated carbocycles. The topological polar surface area (TPSA) is 56.0 Å². The Morgan fingerprint density at radius 3 is 3.20 bits per heavy atom. The molecule has 0 unspecified atom stereocenters. The smallest absolute Gasteiger partial charge is 0.179 e. The van der Waals surface area contributed by atoms with Gasteiger partial charge in [0, 0.05) is 6.07 Å². The Hall–Kier alpha value is -1.52. The maximum absolute atomic E-state index is 4.06. The SMILES string of the molecule is Cc1nc2ccnnn2n1. The Morgan fingerprint density at radius 2 is 2.40 bits per heavy atom. The molecule has 5 nitrogen and oxygen atoms in total. The van der Waals surface area contributed by atoms with Crippen molar-refractivity contribution in [1.29, 1.82) is 0 Å². The molecule has 0 fully saturated rings. The van der Waals surface area contributed by atoms with E-state index in [1.54, 1.807) is 12.3 Å². The van der Waals surface area contributed by atoms with Gasteiger partial charge in [-0.3, -0.25) is 0 Å². The number of hydrogen-bond acceptors (Lipinski definition) is 4. The maximum Gasteiger partial charge on any atom is 0.179 e. The molecule has 0 aliphatic carbocycles. The van der Waals surface area contributed by atoms with Crippen molar-refractivity contribution >= 4 is 5.65 Å². The van der Waals surface area contributed by atoms with Gasteiger partial charge in [0.1, 0.15) is 0 Å². The lowest BCUT2D eigenvalue weighted by Crippen LogP contribution is -1.94. The molecule has 0 amide bonds. The average molecular weight is 135 g/mol. The van der Waals surface area contributed by atoms with Crippen molar-refractivity contribution in [3.05, 3.63) is 18.1 Å². The highest BCUT2D eigenvalue weighted by Crippen LogP contribution is 1.93. The summed E-state index contributed by atoms with van der Waals surface area (Å²) in [6, 6.07) is 1.76. The van der Waals surface area contributed by atoms with Crippen LogP contribution in [0.25, 0.3) is 5.65 Å². The van der Waals surface area contributed by atoms with Crippen molar-refractivity contribution in [2.75, 3.05) is 0 Å². The minimum atomic E-state index is 0.709.